The fourth-order valence-corrected chi connectivity index (χ4v) is 4.21. The molecule has 0 aromatic carbocycles. The molecule has 192 valence electrons. The maximum Gasteiger partial charge on any atom is 0.280 e. The average Bonchev–Trinajstić information content (AvgIpc) is 3.64. The molecule has 5 rings (SSSR count). The van der Waals surface area contributed by atoms with Gasteiger partial charge in [0.25, 0.3) is 17.9 Å². The molecule has 4 aromatic heterocycles. The third-order valence-electron chi connectivity index (χ3n) is 5.49. The standard InChI is InChI=1S/C25H17ClF2N6O3S/c1-37-19-12-29-18(23(27)28)9-16(19)15-10-20(34-7-6-14(26)8-22(34)35)30-11-17(15)24(36)31-25-33-32-21(38-25)5-4-13-2-3-13/h6-13,23H,2-3H2,1H3,(H,31,33,36). The molecule has 0 radical (unpaired) electrons. The molecule has 1 amide bonds. The van der Waals surface area contributed by atoms with Crippen LogP contribution in [0.1, 0.15) is 40.3 Å². The van der Waals surface area contributed by atoms with Crippen LogP contribution in [0.15, 0.2) is 47.7 Å². The van der Waals surface area contributed by atoms with E-state index in [1.54, 1.807) is 0 Å². The molecule has 4 heterocycles. The highest BCUT2D eigenvalue weighted by Crippen LogP contribution is 2.35. The van der Waals surface area contributed by atoms with Crippen LogP contribution in [-0.2, 0) is 0 Å². The van der Waals surface area contributed by atoms with Gasteiger partial charge in [0.1, 0.15) is 17.3 Å². The molecule has 1 aliphatic carbocycles. The summed E-state index contributed by atoms with van der Waals surface area (Å²) in [6.07, 6.45) is 3.05. The van der Waals surface area contributed by atoms with Crippen LogP contribution >= 0.6 is 22.9 Å². The van der Waals surface area contributed by atoms with Crippen molar-refractivity contribution in [3.05, 3.63) is 74.5 Å². The number of halogens is 3. The van der Waals surface area contributed by atoms with E-state index in [9.17, 15) is 18.4 Å². The smallest absolute Gasteiger partial charge is 0.280 e. The summed E-state index contributed by atoms with van der Waals surface area (Å²) in [5, 5.41) is 11.5. The van der Waals surface area contributed by atoms with Crippen molar-refractivity contribution < 1.29 is 18.3 Å². The fraction of sp³-hybridized carbons (Fsp3) is 0.200. The molecule has 0 aliphatic heterocycles. The van der Waals surface area contributed by atoms with Crippen LogP contribution in [0.2, 0.25) is 5.02 Å². The molecule has 13 heteroatoms. The van der Waals surface area contributed by atoms with E-state index in [0.717, 1.165) is 36.4 Å². The van der Waals surface area contributed by atoms with E-state index >= 15 is 0 Å². The van der Waals surface area contributed by atoms with Crippen molar-refractivity contribution in [1.82, 2.24) is 24.7 Å². The van der Waals surface area contributed by atoms with Gasteiger partial charge in [-0.2, -0.15) is 0 Å². The number of hydrogen-bond acceptors (Lipinski definition) is 8. The first-order valence-corrected chi connectivity index (χ1v) is 12.4. The molecular weight excluding hydrogens is 538 g/mol. The lowest BCUT2D eigenvalue weighted by Gasteiger charge is -2.15. The van der Waals surface area contributed by atoms with Gasteiger partial charge in [0.2, 0.25) is 5.13 Å². The minimum Gasteiger partial charge on any atom is -0.494 e. The number of aromatic nitrogens is 5. The SMILES string of the molecule is COc1cnc(C(F)F)cc1-c1cc(-n2ccc(Cl)cc2=O)ncc1C(=O)Nc1nnc(C#CC2CC2)s1. The fourth-order valence-electron chi connectivity index (χ4n) is 3.46. The van der Waals surface area contributed by atoms with Crippen molar-refractivity contribution >= 4 is 34.0 Å². The molecule has 1 fully saturated rings. The number of hydrogen-bond donors (Lipinski definition) is 1. The summed E-state index contributed by atoms with van der Waals surface area (Å²) in [4.78, 5) is 33.8. The Labute approximate surface area is 223 Å². The van der Waals surface area contributed by atoms with Crippen LogP contribution in [0.5, 0.6) is 5.75 Å². The molecular formula is C25H17ClF2N6O3S. The molecule has 38 heavy (non-hydrogen) atoms. The Balaban J connectivity index is 1.58. The predicted octanol–water partition coefficient (Wildman–Crippen LogP) is 4.76. The van der Waals surface area contributed by atoms with E-state index in [1.807, 2.05) is 0 Å². The Kier molecular flexibility index (Phi) is 7.13. The zero-order valence-corrected chi connectivity index (χ0v) is 21.2. The van der Waals surface area contributed by atoms with E-state index in [0.29, 0.717) is 10.9 Å². The van der Waals surface area contributed by atoms with Crippen molar-refractivity contribution in [2.24, 2.45) is 5.92 Å². The number of carbonyl (C=O) groups is 1. The van der Waals surface area contributed by atoms with Crippen molar-refractivity contribution in [3.8, 4) is 34.5 Å². The van der Waals surface area contributed by atoms with E-state index in [1.165, 1.54) is 42.3 Å². The number of nitrogens with zero attached hydrogens (tertiary/aromatic N) is 5. The summed E-state index contributed by atoms with van der Waals surface area (Å²) in [7, 11) is 1.35. The lowest BCUT2D eigenvalue weighted by Crippen LogP contribution is -2.19. The maximum atomic E-state index is 13.5. The molecule has 0 spiro atoms. The van der Waals surface area contributed by atoms with Gasteiger partial charge >= 0.3 is 0 Å². The Morgan fingerprint density at radius 1 is 1.21 bits per heavy atom. The number of alkyl halides is 2. The maximum absolute atomic E-state index is 13.5. The molecule has 1 aliphatic rings. The van der Waals surface area contributed by atoms with Crippen molar-refractivity contribution in [3.63, 3.8) is 0 Å². The number of rotatable bonds is 6. The number of amides is 1. The first-order chi connectivity index (χ1) is 18.3. The van der Waals surface area contributed by atoms with Gasteiger partial charge in [-0.3, -0.25) is 24.5 Å². The number of pyridine rings is 3. The van der Waals surface area contributed by atoms with Gasteiger partial charge in [-0.05, 0) is 37.0 Å². The zero-order valence-electron chi connectivity index (χ0n) is 19.6. The summed E-state index contributed by atoms with van der Waals surface area (Å²) in [5.74, 6) is 6.03. The molecule has 0 unspecified atom stereocenters. The first-order valence-electron chi connectivity index (χ1n) is 11.2. The monoisotopic (exact) mass is 554 g/mol. The molecule has 0 bridgehead atoms. The average molecular weight is 555 g/mol. The second-order valence-corrected chi connectivity index (χ2v) is 9.58. The second-order valence-electron chi connectivity index (χ2n) is 8.16. The van der Waals surface area contributed by atoms with Gasteiger partial charge in [-0.25, -0.2) is 13.8 Å². The number of anilines is 1. The molecule has 4 aromatic rings. The highest BCUT2D eigenvalue weighted by atomic mass is 35.5. The number of nitrogens with one attached hydrogen (secondary N) is 1. The third-order valence-corrected chi connectivity index (χ3v) is 6.48. The van der Waals surface area contributed by atoms with Gasteiger partial charge in [-0.1, -0.05) is 28.9 Å². The summed E-state index contributed by atoms with van der Waals surface area (Å²) in [6, 6.07) is 5.24. The molecule has 0 saturated heterocycles. The van der Waals surface area contributed by atoms with Crippen LogP contribution in [0.25, 0.3) is 16.9 Å². The number of ether oxygens (including phenoxy) is 1. The molecule has 1 saturated carbocycles. The van der Waals surface area contributed by atoms with E-state index in [2.05, 4.69) is 37.3 Å². The summed E-state index contributed by atoms with van der Waals surface area (Å²) in [5.41, 5.74) is -0.647. The summed E-state index contributed by atoms with van der Waals surface area (Å²) in [6.45, 7) is 0. The highest BCUT2D eigenvalue weighted by molar-refractivity contribution is 7.15. The molecule has 1 N–H and O–H groups in total. The highest BCUT2D eigenvalue weighted by Gasteiger charge is 2.22. The van der Waals surface area contributed by atoms with E-state index < -0.39 is 23.6 Å². The minimum atomic E-state index is -2.87. The Bertz CT molecular complexity index is 1660. The number of methoxy groups -OCH3 is 1. The van der Waals surface area contributed by atoms with Crippen molar-refractivity contribution in [2.45, 2.75) is 19.3 Å². The second kappa shape index (κ2) is 10.6. The first kappa shape index (κ1) is 25.4. The topological polar surface area (TPSA) is 112 Å². The predicted molar refractivity (Wildman–Crippen MR) is 137 cm³/mol. The summed E-state index contributed by atoms with van der Waals surface area (Å²) < 4.78 is 33.6. The van der Waals surface area contributed by atoms with Crippen LogP contribution in [0.3, 0.4) is 0 Å². The van der Waals surface area contributed by atoms with E-state index in [4.69, 9.17) is 16.3 Å². The Morgan fingerprint density at radius 3 is 2.74 bits per heavy atom. The van der Waals surface area contributed by atoms with Gasteiger partial charge in [0.15, 0.2) is 5.01 Å². The Hall–Kier alpha value is -4.21. The van der Waals surface area contributed by atoms with Gasteiger partial charge in [0, 0.05) is 40.5 Å². The van der Waals surface area contributed by atoms with Gasteiger partial charge in [-0.15, -0.1) is 10.2 Å². The van der Waals surface area contributed by atoms with Gasteiger partial charge in [0.05, 0.1) is 18.9 Å². The Morgan fingerprint density at radius 2 is 2.03 bits per heavy atom. The normalized spacial score (nSPS) is 12.7. The van der Waals surface area contributed by atoms with Crippen LogP contribution in [0.4, 0.5) is 13.9 Å². The quantitative estimate of drug-likeness (QED) is 0.342. The molecule has 9 nitrogen and oxygen atoms in total. The van der Waals surface area contributed by atoms with Crippen LogP contribution in [-0.4, -0.2) is 37.7 Å². The summed E-state index contributed by atoms with van der Waals surface area (Å²) >= 11 is 7.01. The van der Waals surface area contributed by atoms with Crippen LogP contribution < -0.4 is 15.6 Å². The third kappa shape index (κ3) is 5.53. The van der Waals surface area contributed by atoms with E-state index in [-0.39, 0.29) is 38.4 Å². The number of carbonyl (C=O) groups excluding carboxylic acids is 1. The lowest BCUT2D eigenvalue weighted by molar-refractivity contribution is 0.102. The molecule has 0 atom stereocenters. The van der Waals surface area contributed by atoms with Crippen molar-refractivity contribution in [2.75, 3.05) is 12.4 Å². The zero-order chi connectivity index (χ0) is 26.8. The largest absolute Gasteiger partial charge is 0.494 e. The van der Waals surface area contributed by atoms with Gasteiger partial charge < -0.3 is 4.74 Å². The lowest BCUT2D eigenvalue weighted by atomic mass is 10.00. The van der Waals surface area contributed by atoms with Crippen LogP contribution in [0, 0.1) is 17.8 Å². The minimum absolute atomic E-state index is 0.0151. The van der Waals surface area contributed by atoms with Crippen molar-refractivity contribution in [1.29, 1.82) is 0 Å².